The van der Waals surface area contributed by atoms with Crippen LogP contribution in [0.2, 0.25) is 0 Å². The number of aryl methyl sites for hydroxylation is 1. The number of H-pyrrole nitrogens is 1. The van der Waals surface area contributed by atoms with E-state index in [4.69, 9.17) is 9.72 Å². The van der Waals surface area contributed by atoms with Crippen molar-refractivity contribution in [3.05, 3.63) is 66.0 Å². The number of benzene rings is 2. The van der Waals surface area contributed by atoms with Gasteiger partial charge in [0.2, 0.25) is 0 Å². The maximum absolute atomic E-state index is 11.5. The van der Waals surface area contributed by atoms with Crippen LogP contribution in [-0.4, -0.2) is 52.3 Å². The second-order valence-corrected chi connectivity index (χ2v) is 10.1. The minimum atomic E-state index is -0.566. The molecule has 5 nitrogen and oxygen atoms in total. The Bertz CT molecular complexity index is 1140. The number of ether oxygens (including phenoxy) is 1. The van der Waals surface area contributed by atoms with E-state index in [1.807, 2.05) is 25.1 Å². The molecule has 5 heteroatoms. The fourth-order valence-electron chi connectivity index (χ4n) is 5.90. The van der Waals surface area contributed by atoms with Crippen LogP contribution in [0.5, 0.6) is 5.75 Å². The van der Waals surface area contributed by atoms with Crippen LogP contribution in [0.15, 0.2) is 54.6 Å². The van der Waals surface area contributed by atoms with E-state index in [-0.39, 0.29) is 5.92 Å². The van der Waals surface area contributed by atoms with Crippen molar-refractivity contribution in [3.8, 4) is 5.75 Å². The topological polar surface area (TPSA) is 61.4 Å². The Morgan fingerprint density at radius 3 is 2.74 bits per heavy atom. The number of fused-ring (bicyclic) bond motifs is 3. The molecule has 0 aliphatic heterocycles. The van der Waals surface area contributed by atoms with Gasteiger partial charge in [-0.05, 0) is 81.8 Å². The Labute approximate surface area is 202 Å². The highest BCUT2D eigenvalue weighted by Gasteiger charge is 2.46. The molecule has 3 atom stereocenters. The van der Waals surface area contributed by atoms with Crippen molar-refractivity contribution in [1.29, 1.82) is 0 Å². The summed E-state index contributed by atoms with van der Waals surface area (Å²) in [6.07, 6.45) is 8.36. The van der Waals surface area contributed by atoms with Gasteiger partial charge in [-0.25, -0.2) is 4.98 Å². The van der Waals surface area contributed by atoms with Crippen molar-refractivity contribution in [2.75, 3.05) is 26.7 Å². The van der Waals surface area contributed by atoms with E-state index in [0.717, 1.165) is 67.8 Å². The molecule has 0 saturated heterocycles. The number of aliphatic hydroxyl groups is 1. The van der Waals surface area contributed by atoms with Gasteiger partial charge < -0.3 is 19.7 Å². The molecule has 0 radical (unpaired) electrons. The third-order valence-electron chi connectivity index (χ3n) is 7.75. The molecule has 1 fully saturated rings. The minimum absolute atomic E-state index is 0.274. The van der Waals surface area contributed by atoms with Gasteiger partial charge in [0, 0.05) is 18.9 Å². The summed E-state index contributed by atoms with van der Waals surface area (Å²) in [5.41, 5.74) is 4.17. The number of imidazole rings is 1. The zero-order valence-corrected chi connectivity index (χ0v) is 20.5. The van der Waals surface area contributed by atoms with Crippen molar-refractivity contribution in [2.45, 2.75) is 51.0 Å². The predicted molar refractivity (Wildman–Crippen MR) is 138 cm³/mol. The summed E-state index contributed by atoms with van der Waals surface area (Å²) >= 11 is 0. The van der Waals surface area contributed by atoms with Gasteiger partial charge in [-0.2, -0.15) is 0 Å². The maximum Gasteiger partial charge on any atom is 0.144 e. The number of hydrogen-bond acceptors (Lipinski definition) is 4. The number of aromatic amines is 1. The number of aromatic nitrogens is 2. The average Bonchev–Trinajstić information content (AvgIpc) is 3.28. The summed E-state index contributed by atoms with van der Waals surface area (Å²) in [6.45, 7) is 4.56. The standard InChI is InChI=1S/C29H37N3O2/c1-3-34-26-12-7-11-25-28(26)31-27(30-25)13-8-17-32(2)18-16-29(33)20-22-14-15-23(29)19-24(22)21-9-5-4-6-10-21/h4-7,9-12,19,22-23,33H,3,8,13-18,20H2,1-2H3,(H,30,31)/t22-,23?,29?/m0/s1. The first-order valence-corrected chi connectivity index (χ1v) is 12.8. The van der Waals surface area contributed by atoms with Crippen molar-refractivity contribution < 1.29 is 9.84 Å². The molecule has 0 amide bonds. The summed E-state index contributed by atoms with van der Waals surface area (Å²) in [7, 11) is 2.17. The van der Waals surface area contributed by atoms with Gasteiger partial charge in [0.25, 0.3) is 0 Å². The lowest BCUT2D eigenvalue weighted by molar-refractivity contribution is -0.0574. The molecule has 6 rings (SSSR count). The normalized spacial score (nSPS) is 24.1. The van der Waals surface area contributed by atoms with E-state index >= 15 is 0 Å². The molecule has 2 aromatic carbocycles. The molecule has 1 heterocycles. The Morgan fingerprint density at radius 1 is 1.12 bits per heavy atom. The second-order valence-electron chi connectivity index (χ2n) is 10.1. The molecule has 1 aromatic heterocycles. The van der Waals surface area contributed by atoms with Gasteiger partial charge in [0.15, 0.2) is 0 Å². The highest BCUT2D eigenvalue weighted by Crippen LogP contribution is 2.51. The van der Waals surface area contributed by atoms with Crippen LogP contribution < -0.4 is 4.74 Å². The lowest BCUT2D eigenvalue weighted by atomic mass is 9.61. The molecular formula is C29H37N3O2. The summed E-state index contributed by atoms with van der Waals surface area (Å²) < 4.78 is 5.72. The zero-order valence-electron chi connectivity index (χ0n) is 20.5. The molecule has 3 aliphatic rings. The van der Waals surface area contributed by atoms with Crippen LogP contribution >= 0.6 is 0 Å². The van der Waals surface area contributed by atoms with Gasteiger partial charge in [-0.3, -0.25) is 0 Å². The number of hydrogen-bond donors (Lipinski definition) is 2. The molecule has 3 aliphatic carbocycles. The van der Waals surface area contributed by atoms with Crippen LogP contribution in [0.25, 0.3) is 16.6 Å². The summed E-state index contributed by atoms with van der Waals surface area (Å²) in [4.78, 5) is 10.5. The molecule has 180 valence electrons. The van der Waals surface area contributed by atoms with Crippen LogP contribution in [0.3, 0.4) is 0 Å². The molecular weight excluding hydrogens is 422 g/mol. The predicted octanol–water partition coefficient (Wildman–Crippen LogP) is 5.46. The molecule has 3 aromatic rings. The molecule has 2 N–H and O–H groups in total. The van der Waals surface area contributed by atoms with E-state index in [2.05, 4.69) is 53.3 Å². The number of nitrogens with one attached hydrogen (secondary N) is 1. The number of nitrogens with zero attached hydrogens (tertiary/aromatic N) is 2. The van der Waals surface area contributed by atoms with E-state index in [1.165, 1.54) is 17.6 Å². The van der Waals surface area contributed by atoms with Gasteiger partial charge in [-0.15, -0.1) is 0 Å². The molecule has 1 saturated carbocycles. The number of rotatable bonds is 10. The largest absolute Gasteiger partial charge is 0.492 e. The third kappa shape index (κ3) is 4.77. The van der Waals surface area contributed by atoms with E-state index < -0.39 is 5.60 Å². The number of allylic oxidation sites excluding steroid dienone is 1. The Kier molecular flexibility index (Phi) is 6.75. The lowest BCUT2D eigenvalue weighted by Gasteiger charge is -2.48. The quantitative estimate of drug-likeness (QED) is 0.423. The van der Waals surface area contributed by atoms with Crippen molar-refractivity contribution in [3.63, 3.8) is 0 Å². The average molecular weight is 460 g/mol. The summed E-state index contributed by atoms with van der Waals surface area (Å²) in [5.74, 6) is 2.64. The van der Waals surface area contributed by atoms with Gasteiger partial charge in [-0.1, -0.05) is 42.5 Å². The van der Waals surface area contributed by atoms with Gasteiger partial charge in [0.1, 0.15) is 17.1 Å². The molecule has 34 heavy (non-hydrogen) atoms. The summed E-state index contributed by atoms with van der Waals surface area (Å²) in [5, 5.41) is 11.5. The monoisotopic (exact) mass is 459 g/mol. The van der Waals surface area contributed by atoms with Crippen molar-refractivity contribution >= 4 is 16.6 Å². The van der Waals surface area contributed by atoms with Crippen LogP contribution in [0.1, 0.15) is 50.4 Å². The van der Waals surface area contributed by atoms with Crippen LogP contribution in [0.4, 0.5) is 0 Å². The smallest absolute Gasteiger partial charge is 0.144 e. The Hall–Kier alpha value is -2.63. The Balaban J connectivity index is 1.13. The maximum atomic E-state index is 11.5. The zero-order chi connectivity index (χ0) is 23.5. The van der Waals surface area contributed by atoms with Crippen molar-refractivity contribution in [1.82, 2.24) is 14.9 Å². The molecule has 2 bridgehead atoms. The van der Waals surface area contributed by atoms with E-state index in [1.54, 1.807) is 0 Å². The summed E-state index contributed by atoms with van der Waals surface area (Å²) in [6, 6.07) is 16.7. The SMILES string of the molecule is CCOc1cccc2nc(CCCN(C)CCC3(O)C[C@@H]4CCC3C=C4c3ccccc3)[nH]c12. The second kappa shape index (κ2) is 9.93. The van der Waals surface area contributed by atoms with Gasteiger partial charge in [0.05, 0.1) is 17.7 Å². The Morgan fingerprint density at radius 2 is 1.97 bits per heavy atom. The van der Waals surface area contributed by atoms with Crippen molar-refractivity contribution in [2.24, 2.45) is 11.8 Å². The van der Waals surface area contributed by atoms with Crippen LogP contribution in [-0.2, 0) is 6.42 Å². The first-order chi connectivity index (χ1) is 16.6. The van der Waals surface area contributed by atoms with Crippen LogP contribution in [0, 0.1) is 11.8 Å². The lowest BCUT2D eigenvalue weighted by Crippen LogP contribution is -2.48. The van der Waals surface area contributed by atoms with E-state index in [0.29, 0.717) is 12.5 Å². The number of para-hydroxylation sites is 1. The fourth-order valence-corrected chi connectivity index (χ4v) is 5.90. The molecule has 2 unspecified atom stereocenters. The highest BCUT2D eigenvalue weighted by molar-refractivity contribution is 5.81. The fraction of sp³-hybridized carbons (Fsp3) is 0.483. The molecule has 0 spiro atoms. The first kappa shape index (κ1) is 23.1. The highest BCUT2D eigenvalue weighted by atomic mass is 16.5. The van der Waals surface area contributed by atoms with Gasteiger partial charge >= 0.3 is 0 Å². The first-order valence-electron chi connectivity index (χ1n) is 12.8. The van der Waals surface area contributed by atoms with E-state index in [9.17, 15) is 5.11 Å². The third-order valence-corrected chi connectivity index (χ3v) is 7.75. The minimum Gasteiger partial charge on any atom is -0.492 e.